The molecule has 45 heavy (non-hydrogen) atoms. The van der Waals surface area contributed by atoms with Gasteiger partial charge in [0.25, 0.3) is 0 Å². The molecule has 0 saturated carbocycles. The summed E-state index contributed by atoms with van der Waals surface area (Å²) in [5.74, 6) is 0. The van der Waals surface area contributed by atoms with Crippen LogP contribution in [0.1, 0.15) is 25.0 Å². The molecule has 0 aliphatic heterocycles. The first kappa shape index (κ1) is 24.2. The van der Waals surface area contributed by atoms with Crippen molar-refractivity contribution in [2.24, 2.45) is 0 Å². The molecule has 2 heterocycles. The molecule has 0 amide bonds. The van der Waals surface area contributed by atoms with Crippen LogP contribution >= 0.6 is 11.3 Å². The van der Waals surface area contributed by atoms with E-state index in [0.717, 1.165) is 16.6 Å². The third-order valence-corrected chi connectivity index (χ3v) is 11.7. The first-order chi connectivity index (χ1) is 22.1. The molecule has 1 nitrogen and oxygen atoms in total. The number of thiophene rings is 1. The Bertz CT molecular complexity index is 2790. The van der Waals surface area contributed by atoms with E-state index in [0.29, 0.717) is 0 Å². The number of furan rings is 1. The van der Waals surface area contributed by atoms with Gasteiger partial charge in [0.05, 0.1) is 0 Å². The number of hydrogen-bond acceptors (Lipinski definition) is 2. The summed E-state index contributed by atoms with van der Waals surface area (Å²) in [6.45, 7) is 4.80. The highest BCUT2D eigenvalue weighted by Gasteiger charge is 2.40. The van der Waals surface area contributed by atoms with Gasteiger partial charge in [-0.1, -0.05) is 105 Å². The maximum Gasteiger partial charge on any atom is 0.136 e. The van der Waals surface area contributed by atoms with E-state index < -0.39 is 0 Å². The van der Waals surface area contributed by atoms with Gasteiger partial charge in [-0.2, -0.15) is 0 Å². The van der Waals surface area contributed by atoms with Gasteiger partial charge in [0.1, 0.15) is 11.2 Å². The SMILES string of the molecule is CC1(C)c2cccc3c2-c2c1ccc1c(-c4cccc(-c5cccc6oc7ccccc7c56)c4)cc4sc5cccc-3c5c4c21. The zero-order valence-electron chi connectivity index (χ0n) is 24.9. The first-order valence-electron chi connectivity index (χ1n) is 15.7. The van der Waals surface area contributed by atoms with Gasteiger partial charge >= 0.3 is 0 Å². The molecular formula is C43H26OS. The van der Waals surface area contributed by atoms with E-state index in [1.165, 1.54) is 92.0 Å². The first-order valence-corrected chi connectivity index (χ1v) is 16.5. The van der Waals surface area contributed by atoms with Crippen molar-refractivity contribution in [3.05, 3.63) is 132 Å². The molecule has 7 aromatic carbocycles. The summed E-state index contributed by atoms with van der Waals surface area (Å²) in [6, 6.07) is 45.0. The smallest absolute Gasteiger partial charge is 0.136 e. The fraction of sp³-hybridized carbons (Fsp3) is 0.0698. The van der Waals surface area contributed by atoms with Crippen molar-refractivity contribution in [1.82, 2.24) is 0 Å². The highest BCUT2D eigenvalue weighted by Crippen LogP contribution is 2.60. The van der Waals surface area contributed by atoms with Gasteiger partial charge in [0.2, 0.25) is 0 Å². The summed E-state index contributed by atoms with van der Waals surface area (Å²) in [4.78, 5) is 0. The lowest BCUT2D eigenvalue weighted by Crippen LogP contribution is -2.14. The van der Waals surface area contributed by atoms with Crippen molar-refractivity contribution in [2.45, 2.75) is 19.3 Å². The Hall–Kier alpha value is -5.18. The van der Waals surface area contributed by atoms with Crippen LogP contribution in [0, 0.1) is 0 Å². The van der Waals surface area contributed by atoms with Gasteiger partial charge in [-0.15, -0.1) is 11.3 Å². The molecule has 2 aliphatic carbocycles. The monoisotopic (exact) mass is 590 g/mol. The number of benzene rings is 7. The van der Waals surface area contributed by atoms with Crippen LogP contribution in [0.15, 0.2) is 126 Å². The fourth-order valence-corrected chi connectivity index (χ4v) is 9.82. The second-order valence-electron chi connectivity index (χ2n) is 13.2. The van der Waals surface area contributed by atoms with Crippen LogP contribution in [-0.4, -0.2) is 0 Å². The van der Waals surface area contributed by atoms with Gasteiger partial charge in [-0.05, 0) is 96.7 Å². The average Bonchev–Trinajstić information content (AvgIpc) is 3.69. The second kappa shape index (κ2) is 8.10. The van der Waals surface area contributed by atoms with Crippen LogP contribution in [0.3, 0.4) is 0 Å². The summed E-state index contributed by atoms with van der Waals surface area (Å²) >= 11 is 1.93. The quantitative estimate of drug-likeness (QED) is 0.195. The van der Waals surface area contributed by atoms with Crippen molar-refractivity contribution in [1.29, 1.82) is 0 Å². The van der Waals surface area contributed by atoms with Gasteiger partial charge in [-0.25, -0.2) is 0 Å². The zero-order valence-corrected chi connectivity index (χ0v) is 25.7. The summed E-state index contributed by atoms with van der Waals surface area (Å²) in [6.07, 6.45) is 0. The van der Waals surface area contributed by atoms with Crippen LogP contribution in [0.25, 0.3) is 97.4 Å². The molecule has 9 aromatic rings. The Kier molecular flexibility index (Phi) is 4.35. The molecule has 2 aliphatic rings. The second-order valence-corrected chi connectivity index (χ2v) is 14.3. The predicted octanol–water partition coefficient (Wildman–Crippen LogP) is 12.7. The molecule has 11 rings (SSSR count). The molecule has 0 radical (unpaired) electrons. The Morgan fingerprint density at radius 2 is 1.20 bits per heavy atom. The number of fused-ring (bicyclic) bond motifs is 4. The zero-order chi connectivity index (χ0) is 29.6. The highest BCUT2D eigenvalue weighted by atomic mass is 32.1. The lowest BCUT2D eigenvalue weighted by Gasteiger charge is -2.22. The van der Waals surface area contributed by atoms with E-state index in [9.17, 15) is 0 Å². The average molecular weight is 591 g/mol. The summed E-state index contributed by atoms with van der Waals surface area (Å²) in [5.41, 5.74) is 15.2. The largest absolute Gasteiger partial charge is 0.456 e. The molecule has 2 heteroatoms. The van der Waals surface area contributed by atoms with Crippen molar-refractivity contribution >= 4 is 64.2 Å². The van der Waals surface area contributed by atoms with Gasteiger partial charge in [0.15, 0.2) is 0 Å². The molecule has 0 atom stereocenters. The molecule has 2 aromatic heterocycles. The molecular weight excluding hydrogens is 565 g/mol. The number of rotatable bonds is 2. The third-order valence-electron chi connectivity index (χ3n) is 10.6. The van der Waals surface area contributed by atoms with Crippen molar-refractivity contribution in [3.63, 3.8) is 0 Å². The van der Waals surface area contributed by atoms with E-state index in [1.54, 1.807) is 0 Å². The molecule has 210 valence electrons. The summed E-state index contributed by atoms with van der Waals surface area (Å²) < 4.78 is 8.98. The minimum Gasteiger partial charge on any atom is -0.456 e. The highest BCUT2D eigenvalue weighted by molar-refractivity contribution is 7.26. The third kappa shape index (κ3) is 2.90. The Morgan fingerprint density at radius 3 is 2.13 bits per heavy atom. The van der Waals surface area contributed by atoms with Crippen LogP contribution in [0.5, 0.6) is 0 Å². The van der Waals surface area contributed by atoms with Crippen molar-refractivity contribution in [2.75, 3.05) is 0 Å². The lowest BCUT2D eigenvalue weighted by molar-refractivity contribution is 0.661. The molecule has 0 unspecified atom stereocenters. The summed E-state index contributed by atoms with van der Waals surface area (Å²) in [5, 5.41) is 7.93. The Labute approximate surface area is 264 Å². The lowest BCUT2D eigenvalue weighted by atomic mass is 9.80. The predicted molar refractivity (Wildman–Crippen MR) is 192 cm³/mol. The van der Waals surface area contributed by atoms with Crippen molar-refractivity contribution < 1.29 is 4.42 Å². The Morgan fingerprint density at radius 1 is 0.467 bits per heavy atom. The molecule has 0 bridgehead atoms. The fourth-order valence-electron chi connectivity index (χ4n) is 8.64. The molecule has 0 spiro atoms. The minimum absolute atomic E-state index is 0.0510. The van der Waals surface area contributed by atoms with Crippen LogP contribution in [0.2, 0.25) is 0 Å². The number of para-hydroxylation sites is 1. The maximum atomic E-state index is 6.26. The van der Waals surface area contributed by atoms with Crippen LogP contribution < -0.4 is 0 Å². The minimum atomic E-state index is -0.0510. The number of hydrogen-bond donors (Lipinski definition) is 0. The van der Waals surface area contributed by atoms with Crippen LogP contribution in [0.4, 0.5) is 0 Å². The van der Waals surface area contributed by atoms with Gasteiger partial charge in [0, 0.05) is 36.4 Å². The van der Waals surface area contributed by atoms with E-state index in [1.807, 2.05) is 17.4 Å². The van der Waals surface area contributed by atoms with E-state index >= 15 is 0 Å². The van der Waals surface area contributed by atoms with E-state index in [4.69, 9.17) is 4.42 Å². The Balaban J connectivity index is 1.26. The maximum absolute atomic E-state index is 6.26. The molecule has 0 N–H and O–H groups in total. The molecule has 0 saturated heterocycles. The van der Waals surface area contributed by atoms with E-state index in [-0.39, 0.29) is 5.41 Å². The standard InChI is InChI=1S/C43H26OS/c1-43(2)31-15-6-13-26-27-14-8-18-35-39(27)42-36(45-35)22-30(28-19-20-32(43)41(38(26)31)40(28)42)24-10-5-9-23(21-24)25-12-7-17-34-37(25)29-11-3-4-16-33(29)44-34/h3-22H,1-2H3. The van der Waals surface area contributed by atoms with E-state index in [2.05, 4.69) is 129 Å². The molecule has 0 fully saturated rings. The van der Waals surface area contributed by atoms with Gasteiger partial charge < -0.3 is 4.42 Å². The normalized spacial score (nSPS) is 14.2. The van der Waals surface area contributed by atoms with Crippen molar-refractivity contribution in [3.8, 4) is 44.5 Å². The van der Waals surface area contributed by atoms with Gasteiger partial charge in [-0.3, -0.25) is 0 Å². The topological polar surface area (TPSA) is 13.1 Å². The van der Waals surface area contributed by atoms with Crippen LogP contribution in [-0.2, 0) is 5.41 Å². The summed E-state index contributed by atoms with van der Waals surface area (Å²) in [7, 11) is 0.